The van der Waals surface area contributed by atoms with Gasteiger partial charge in [-0.25, -0.2) is 0 Å². The predicted octanol–water partition coefficient (Wildman–Crippen LogP) is 15.6. The van der Waals surface area contributed by atoms with Crippen LogP contribution in [-0.4, -0.2) is 48.6 Å². The summed E-state index contributed by atoms with van der Waals surface area (Å²) < 4.78 is 11.8. The first kappa shape index (κ1) is 52.9. The minimum absolute atomic E-state index is 0.334. The van der Waals surface area contributed by atoms with E-state index in [0.29, 0.717) is 12.8 Å². The summed E-state index contributed by atoms with van der Waals surface area (Å²) in [7, 11) is 0. The minimum atomic E-state index is -0.658. The highest BCUT2D eigenvalue weighted by atomic mass is 16.5. The van der Waals surface area contributed by atoms with Crippen molar-refractivity contribution in [3.63, 3.8) is 0 Å². The van der Waals surface area contributed by atoms with Gasteiger partial charge in [0.15, 0.2) is 0 Å². The summed E-state index contributed by atoms with van der Waals surface area (Å²) in [6, 6.07) is 0. The molecule has 0 aliphatic heterocycles. The summed E-state index contributed by atoms with van der Waals surface area (Å²) in [6.45, 7) is 3.81. The van der Waals surface area contributed by atoms with Gasteiger partial charge in [0.2, 0.25) is 0 Å². The van der Waals surface area contributed by atoms with Crippen LogP contribution in [0.4, 0.5) is 0 Å². The molecule has 0 heterocycles. The van der Waals surface area contributed by atoms with Crippen LogP contribution in [0.15, 0.2) is 0 Å². The maximum absolute atomic E-state index is 10.5. The van der Waals surface area contributed by atoms with Gasteiger partial charge in [0.1, 0.15) is 0 Å². The SMILES string of the molecule is O=C(O)CCCCCCCCCCCCCCCOCCCCCCCCCCCCCCCCOCCCCCCCCCCCCCCCC(=O)O. The van der Waals surface area contributed by atoms with Gasteiger partial charge in [-0.05, 0) is 38.5 Å². The molecule has 0 spiro atoms. The summed E-state index contributed by atoms with van der Waals surface area (Å²) in [5.74, 6) is -1.32. The van der Waals surface area contributed by atoms with Gasteiger partial charge in [0.25, 0.3) is 0 Å². The molecular weight excluding hydrogens is 673 g/mol. The smallest absolute Gasteiger partial charge is 0.303 e. The maximum atomic E-state index is 10.5. The first-order valence-corrected chi connectivity index (χ1v) is 24.2. The third-order valence-corrected chi connectivity index (χ3v) is 11.2. The van der Waals surface area contributed by atoms with Gasteiger partial charge >= 0.3 is 11.9 Å². The van der Waals surface area contributed by atoms with Crippen LogP contribution < -0.4 is 0 Å². The Hall–Kier alpha value is -1.14. The molecule has 6 heteroatoms. The second-order valence-corrected chi connectivity index (χ2v) is 16.7. The number of hydrogen-bond donors (Lipinski definition) is 2. The fraction of sp³-hybridized carbons (Fsp3) is 0.958. The normalized spacial score (nSPS) is 11.5. The number of ether oxygens (including phenoxy) is 2. The molecule has 0 aromatic carbocycles. The Morgan fingerprint density at radius 1 is 0.222 bits per heavy atom. The Bertz CT molecular complexity index is 668. The highest BCUT2D eigenvalue weighted by Gasteiger charge is 2.00. The van der Waals surface area contributed by atoms with E-state index in [1.54, 1.807) is 0 Å². The number of hydrogen-bond acceptors (Lipinski definition) is 4. The lowest BCUT2D eigenvalue weighted by Crippen LogP contribution is -1.97. The van der Waals surface area contributed by atoms with Gasteiger partial charge in [-0.1, -0.05) is 218 Å². The molecule has 0 unspecified atom stereocenters. The molecular formula is C48H94O6. The van der Waals surface area contributed by atoms with Crippen LogP contribution in [0.1, 0.15) is 270 Å². The number of carbonyl (C=O) groups is 2. The quantitative estimate of drug-likeness (QED) is 0.0599. The van der Waals surface area contributed by atoms with Crippen molar-refractivity contribution < 1.29 is 29.3 Å². The van der Waals surface area contributed by atoms with Crippen molar-refractivity contribution in [3.8, 4) is 0 Å². The van der Waals surface area contributed by atoms with Gasteiger partial charge in [0, 0.05) is 39.3 Å². The molecule has 0 bridgehead atoms. The molecule has 6 nitrogen and oxygen atoms in total. The van der Waals surface area contributed by atoms with Crippen molar-refractivity contribution in [1.82, 2.24) is 0 Å². The highest BCUT2D eigenvalue weighted by molar-refractivity contribution is 5.66. The van der Waals surface area contributed by atoms with Crippen molar-refractivity contribution in [2.24, 2.45) is 0 Å². The average Bonchev–Trinajstić information content (AvgIpc) is 3.15. The molecule has 2 N–H and O–H groups in total. The van der Waals surface area contributed by atoms with Crippen LogP contribution in [0.5, 0.6) is 0 Å². The topological polar surface area (TPSA) is 93.1 Å². The van der Waals surface area contributed by atoms with Crippen molar-refractivity contribution in [3.05, 3.63) is 0 Å². The fourth-order valence-corrected chi connectivity index (χ4v) is 7.58. The van der Waals surface area contributed by atoms with E-state index in [2.05, 4.69) is 0 Å². The van der Waals surface area contributed by atoms with Gasteiger partial charge in [0.05, 0.1) is 0 Å². The third kappa shape index (κ3) is 50.9. The highest BCUT2D eigenvalue weighted by Crippen LogP contribution is 2.16. The second kappa shape index (κ2) is 48.0. The Morgan fingerprint density at radius 2 is 0.352 bits per heavy atom. The Morgan fingerprint density at radius 3 is 0.500 bits per heavy atom. The Kier molecular flexibility index (Phi) is 47.0. The van der Waals surface area contributed by atoms with Crippen molar-refractivity contribution in [2.45, 2.75) is 270 Å². The van der Waals surface area contributed by atoms with E-state index in [-0.39, 0.29) is 0 Å². The molecule has 0 aromatic rings. The van der Waals surface area contributed by atoms with E-state index >= 15 is 0 Å². The second-order valence-electron chi connectivity index (χ2n) is 16.7. The summed E-state index contributed by atoms with van der Waals surface area (Å²) >= 11 is 0. The zero-order chi connectivity index (χ0) is 39.1. The molecule has 0 aromatic heterocycles. The van der Waals surface area contributed by atoms with Crippen LogP contribution in [0.3, 0.4) is 0 Å². The van der Waals surface area contributed by atoms with Gasteiger partial charge in [-0.2, -0.15) is 0 Å². The largest absolute Gasteiger partial charge is 0.481 e. The van der Waals surface area contributed by atoms with Crippen LogP contribution >= 0.6 is 0 Å². The predicted molar refractivity (Wildman–Crippen MR) is 231 cm³/mol. The summed E-state index contributed by atoms with van der Waals surface area (Å²) in [6.07, 6.45) is 52.8. The molecule has 0 radical (unpaired) electrons. The molecule has 0 aliphatic rings. The lowest BCUT2D eigenvalue weighted by Gasteiger charge is -2.06. The van der Waals surface area contributed by atoms with Crippen molar-refractivity contribution in [1.29, 1.82) is 0 Å². The maximum Gasteiger partial charge on any atom is 0.303 e. The number of carboxylic acid groups (broad SMARTS) is 2. The van der Waals surface area contributed by atoms with Crippen LogP contribution in [0, 0.1) is 0 Å². The first-order valence-electron chi connectivity index (χ1n) is 24.2. The first-order chi connectivity index (χ1) is 26.6. The minimum Gasteiger partial charge on any atom is -0.481 e. The van der Waals surface area contributed by atoms with Crippen LogP contribution in [-0.2, 0) is 19.1 Å². The number of aliphatic carboxylic acids is 2. The third-order valence-electron chi connectivity index (χ3n) is 11.2. The molecule has 322 valence electrons. The summed E-state index contributed by atoms with van der Waals surface area (Å²) in [5.41, 5.74) is 0. The van der Waals surface area contributed by atoms with Gasteiger partial charge in [-0.15, -0.1) is 0 Å². The molecule has 0 amide bonds. The van der Waals surface area contributed by atoms with E-state index in [4.69, 9.17) is 19.7 Å². The van der Waals surface area contributed by atoms with E-state index in [1.807, 2.05) is 0 Å². The summed E-state index contributed by atoms with van der Waals surface area (Å²) in [4.78, 5) is 21.0. The van der Waals surface area contributed by atoms with Crippen molar-refractivity contribution in [2.75, 3.05) is 26.4 Å². The number of carboxylic acids is 2. The molecule has 0 saturated heterocycles. The summed E-state index contributed by atoms with van der Waals surface area (Å²) in [5, 5.41) is 17.3. The zero-order valence-electron chi connectivity index (χ0n) is 36.1. The van der Waals surface area contributed by atoms with Crippen LogP contribution in [0.25, 0.3) is 0 Å². The number of unbranched alkanes of at least 4 members (excludes halogenated alkanes) is 37. The molecule has 0 saturated carbocycles. The standard InChI is InChI=1S/C48H94O6/c49-47(50)41-35-29-23-17-11-5-3-9-15-21-27-33-39-45-53-43-37-31-25-19-13-7-1-2-8-14-20-26-32-38-44-54-46-40-34-28-22-16-10-4-6-12-18-24-30-36-42-48(51)52/h1-46H2,(H,49,50)(H,51,52). The van der Waals surface area contributed by atoms with Gasteiger partial charge in [-0.3, -0.25) is 9.59 Å². The lowest BCUT2D eigenvalue weighted by molar-refractivity contribution is -0.138. The molecule has 54 heavy (non-hydrogen) atoms. The Balaban J connectivity index is 3.06. The zero-order valence-corrected chi connectivity index (χ0v) is 36.1. The van der Waals surface area contributed by atoms with E-state index < -0.39 is 11.9 Å². The Labute approximate surface area is 336 Å². The van der Waals surface area contributed by atoms with E-state index in [9.17, 15) is 9.59 Å². The monoisotopic (exact) mass is 767 g/mol. The molecule has 0 atom stereocenters. The van der Waals surface area contributed by atoms with E-state index in [0.717, 1.165) is 52.1 Å². The molecule has 0 fully saturated rings. The number of rotatable bonds is 49. The lowest BCUT2D eigenvalue weighted by atomic mass is 10.0. The fourth-order valence-electron chi connectivity index (χ4n) is 7.58. The van der Waals surface area contributed by atoms with Gasteiger partial charge < -0.3 is 19.7 Å². The molecule has 0 rings (SSSR count). The average molecular weight is 767 g/mol. The van der Waals surface area contributed by atoms with Crippen LogP contribution in [0.2, 0.25) is 0 Å². The van der Waals surface area contributed by atoms with Crippen molar-refractivity contribution >= 4 is 11.9 Å². The van der Waals surface area contributed by atoms with E-state index in [1.165, 1.54) is 231 Å². The molecule has 0 aliphatic carbocycles.